The Labute approximate surface area is 197 Å². The molecule has 3 rings (SSSR count). The fourth-order valence-electron chi connectivity index (χ4n) is 3.99. The molecule has 0 saturated carbocycles. The van der Waals surface area contributed by atoms with Crippen LogP contribution < -0.4 is 15.0 Å². The van der Waals surface area contributed by atoms with Crippen LogP contribution in [0.25, 0.3) is 0 Å². The molecule has 2 atom stereocenters. The summed E-state index contributed by atoms with van der Waals surface area (Å²) in [5.41, 5.74) is 7.47. The lowest BCUT2D eigenvalue weighted by molar-refractivity contribution is -0.0429. The van der Waals surface area contributed by atoms with Crippen molar-refractivity contribution in [1.29, 1.82) is 0 Å². The van der Waals surface area contributed by atoms with Crippen LogP contribution in [0.2, 0.25) is 0 Å². The van der Waals surface area contributed by atoms with Gasteiger partial charge in [-0.25, -0.2) is 0 Å². The number of hydrogen-bond acceptors (Lipinski definition) is 6. The average Bonchev–Trinajstić information content (AvgIpc) is 2.83. The Balaban J connectivity index is 1.78. The predicted molar refractivity (Wildman–Crippen MR) is 136 cm³/mol. The van der Waals surface area contributed by atoms with E-state index in [0.29, 0.717) is 18.1 Å². The van der Waals surface area contributed by atoms with Crippen molar-refractivity contribution in [2.24, 2.45) is 4.99 Å². The van der Waals surface area contributed by atoms with Gasteiger partial charge in [-0.3, -0.25) is 4.99 Å². The number of nitrogens with zero attached hydrogens (tertiary/aromatic N) is 2. The summed E-state index contributed by atoms with van der Waals surface area (Å²) in [5.74, 6) is 1.22. The van der Waals surface area contributed by atoms with Gasteiger partial charge in [0.1, 0.15) is 5.75 Å². The summed E-state index contributed by atoms with van der Waals surface area (Å²) < 4.78 is 11.1. The summed E-state index contributed by atoms with van der Waals surface area (Å²) in [6, 6.07) is 12.9. The maximum Gasteiger partial charge on any atom is 0.182 e. The molecule has 0 saturated heterocycles. The summed E-state index contributed by atoms with van der Waals surface area (Å²) in [4.78, 5) is 5.91. The van der Waals surface area contributed by atoms with Crippen LogP contribution in [0.5, 0.6) is 5.75 Å². The largest absolute Gasteiger partial charge is 0.493 e. The highest BCUT2D eigenvalue weighted by atomic mass is 16.6. The first-order valence-corrected chi connectivity index (χ1v) is 11.2. The number of benzene rings is 2. The van der Waals surface area contributed by atoms with E-state index in [2.05, 4.69) is 79.2 Å². The molecule has 0 radical (unpaired) electrons. The Bertz CT molecular complexity index is 1040. The van der Waals surface area contributed by atoms with Crippen LogP contribution in [0.15, 0.2) is 64.9 Å². The van der Waals surface area contributed by atoms with Crippen molar-refractivity contribution in [3.8, 4) is 5.75 Å². The van der Waals surface area contributed by atoms with Crippen LogP contribution in [0.3, 0.4) is 0 Å². The highest BCUT2D eigenvalue weighted by Crippen LogP contribution is 2.37. The fraction of sp³-hybridized carbons (Fsp3) is 0.370. The number of aliphatic imine (C=N–C) groups is 1. The number of aliphatic hydroxyl groups excluding tert-OH is 1. The van der Waals surface area contributed by atoms with E-state index in [4.69, 9.17) is 9.47 Å². The molecule has 1 heterocycles. The molecule has 1 aliphatic rings. The minimum absolute atomic E-state index is 0.298. The van der Waals surface area contributed by atoms with Crippen LogP contribution in [-0.2, 0) is 4.74 Å². The van der Waals surface area contributed by atoms with Gasteiger partial charge in [-0.05, 0) is 74.9 Å². The second kappa shape index (κ2) is 11.2. The molecule has 33 heavy (non-hydrogen) atoms. The van der Waals surface area contributed by atoms with Gasteiger partial charge in [0.05, 0.1) is 6.61 Å². The van der Waals surface area contributed by atoms with E-state index in [1.54, 1.807) is 12.3 Å². The van der Waals surface area contributed by atoms with Gasteiger partial charge in [0.25, 0.3) is 0 Å². The zero-order chi connectivity index (χ0) is 24.0. The maximum atomic E-state index is 10.2. The van der Waals surface area contributed by atoms with Gasteiger partial charge in [0, 0.05) is 61.5 Å². The Morgan fingerprint density at radius 2 is 2.00 bits per heavy atom. The number of aliphatic hydroxyl groups is 1. The lowest BCUT2D eigenvalue weighted by atomic mass is 9.92. The monoisotopic (exact) mass is 449 g/mol. The molecule has 0 amide bonds. The molecule has 2 N–H and O–H groups in total. The topological polar surface area (TPSA) is 66.3 Å². The Hall–Kier alpha value is -3.09. The minimum atomic E-state index is -1.03. The molecule has 6 heteroatoms. The Morgan fingerprint density at radius 1 is 1.27 bits per heavy atom. The molecule has 1 unspecified atom stereocenters. The van der Waals surface area contributed by atoms with Crippen molar-refractivity contribution in [1.82, 2.24) is 5.32 Å². The molecule has 0 spiro atoms. The van der Waals surface area contributed by atoms with E-state index in [1.807, 2.05) is 6.92 Å². The summed E-state index contributed by atoms with van der Waals surface area (Å²) in [7, 11) is 3.55. The lowest BCUT2D eigenvalue weighted by Crippen LogP contribution is -2.27. The summed E-state index contributed by atoms with van der Waals surface area (Å²) in [5, 5.41) is 13.6. The second-order valence-corrected chi connectivity index (χ2v) is 8.43. The molecule has 0 aliphatic carbocycles. The Kier molecular flexibility index (Phi) is 8.31. The summed E-state index contributed by atoms with van der Waals surface area (Å²) in [6.07, 6.45) is 3.14. The molecule has 0 fully saturated rings. The van der Waals surface area contributed by atoms with E-state index in [1.165, 1.54) is 23.8 Å². The third-order valence-electron chi connectivity index (χ3n) is 6.32. The van der Waals surface area contributed by atoms with E-state index in [0.717, 1.165) is 35.8 Å². The van der Waals surface area contributed by atoms with Gasteiger partial charge < -0.3 is 24.8 Å². The number of nitrogens with one attached hydrogen (secondary N) is 1. The first-order valence-electron chi connectivity index (χ1n) is 11.2. The Morgan fingerprint density at radius 3 is 2.70 bits per heavy atom. The van der Waals surface area contributed by atoms with Gasteiger partial charge >= 0.3 is 0 Å². The number of aryl methyl sites for hydroxylation is 2. The van der Waals surface area contributed by atoms with Gasteiger partial charge in [-0.15, -0.1) is 0 Å². The highest BCUT2D eigenvalue weighted by Gasteiger charge is 2.23. The molecular formula is C27H35N3O3. The number of anilines is 2. The van der Waals surface area contributed by atoms with Crippen molar-refractivity contribution in [2.75, 3.05) is 32.2 Å². The predicted octanol–water partition coefficient (Wildman–Crippen LogP) is 4.98. The van der Waals surface area contributed by atoms with Crippen LogP contribution in [-0.4, -0.2) is 45.4 Å². The molecule has 2 aromatic carbocycles. The summed E-state index contributed by atoms with van der Waals surface area (Å²) in [6.45, 7) is 11.0. The van der Waals surface area contributed by atoms with Crippen molar-refractivity contribution in [2.45, 2.75) is 39.4 Å². The first kappa shape index (κ1) is 24.6. The lowest BCUT2D eigenvalue weighted by Gasteiger charge is -2.29. The molecular weight excluding hydrogens is 414 g/mol. The molecule has 6 nitrogen and oxygen atoms in total. The number of ether oxygens (including phenoxy) is 2. The standard InChI is InChI=1S/C27H35N3O3/c1-18-7-8-22(15-19(18)2)30(5)23-9-10-25-21(12-14-33-26(25)16-23)17-29-20(3)24(11-13-28-4)27(31)32-6/h7-11,13,15-16,21,27,29,31H,4,12,14,17H2,1-3,5-6H3/b13-11-,24-20-/t21-,27?/m0/s1. The minimum Gasteiger partial charge on any atom is -0.493 e. The zero-order valence-corrected chi connectivity index (χ0v) is 20.3. The van der Waals surface area contributed by atoms with E-state index in [9.17, 15) is 5.11 Å². The number of hydrogen-bond donors (Lipinski definition) is 2. The average molecular weight is 450 g/mol. The molecule has 0 bridgehead atoms. The maximum absolute atomic E-state index is 10.2. The van der Waals surface area contributed by atoms with Crippen molar-refractivity contribution in [3.05, 3.63) is 76.6 Å². The first-order chi connectivity index (χ1) is 15.8. The highest BCUT2D eigenvalue weighted by molar-refractivity contribution is 5.66. The van der Waals surface area contributed by atoms with Crippen molar-refractivity contribution >= 4 is 18.1 Å². The second-order valence-electron chi connectivity index (χ2n) is 8.43. The third-order valence-corrected chi connectivity index (χ3v) is 6.32. The fourth-order valence-corrected chi connectivity index (χ4v) is 3.99. The van der Waals surface area contributed by atoms with E-state index < -0.39 is 6.29 Å². The van der Waals surface area contributed by atoms with Crippen LogP contribution in [0, 0.1) is 13.8 Å². The molecule has 1 aliphatic heterocycles. The van der Waals surface area contributed by atoms with Crippen LogP contribution in [0.4, 0.5) is 11.4 Å². The van der Waals surface area contributed by atoms with Crippen molar-refractivity contribution < 1.29 is 14.6 Å². The number of rotatable bonds is 9. The van der Waals surface area contributed by atoms with Gasteiger partial charge in [-0.2, -0.15) is 0 Å². The van der Waals surface area contributed by atoms with E-state index >= 15 is 0 Å². The number of allylic oxidation sites excluding steroid dienone is 1. The SMILES string of the molecule is C=N/C=C\C(=C(/C)NC[C@@H]1CCOc2cc(N(C)c3ccc(C)c(C)c3)ccc21)C(O)OC. The zero-order valence-electron chi connectivity index (χ0n) is 20.3. The molecule has 2 aromatic rings. The number of methoxy groups -OCH3 is 1. The molecule has 0 aromatic heterocycles. The smallest absolute Gasteiger partial charge is 0.182 e. The van der Waals surface area contributed by atoms with Gasteiger partial charge in [0.15, 0.2) is 6.29 Å². The van der Waals surface area contributed by atoms with E-state index in [-0.39, 0.29) is 0 Å². The quantitative estimate of drug-likeness (QED) is 0.321. The van der Waals surface area contributed by atoms with Gasteiger partial charge in [0.2, 0.25) is 0 Å². The normalized spacial score (nSPS) is 17.1. The molecule has 176 valence electrons. The summed E-state index contributed by atoms with van der Waals surface area (Å²) >= 11 is 0. The van der Waals surface area contributed by atoms with Crippen LogP contribution >= 0.6 is 0 Å². The van der Waals surface area contributed by atoms with Crippen molar-refractivity contribution in [3.63, 3.8) is 0 Å². The number of fused-ring (bicyclic) bond motifs is 1. The van der Waals surface area contributed by atoms with Gasteiger partial charge in [-0.1, -0.05) is 12.1 Å². The third kappa shape index (κ3) is 5.83. The van der Waals surface area contributed by atoms with Crippen LogP contribution in [0.1, 0.15) is 36.0 Å².